The van der Waals surface area contributed by atoms with Gasteiger partial charge in [-0.05, 0) is 81.1 Å². The number of anilines is 2. The number of benzene rings is 1. The summed E-state index contributed by atoms with van der Waals surface area (Å²) in [7, 11) is 0. The predicted molar refractivity (Wildman–Crippen MR) is 157 cm³/mol. The van der Waals surface area contributed by atoms with Gasteiger partial charge >= 0.3 is 0 Å². The van der Waals surface area contributed by atoms with Gasteiger partial charge in [-0.25, -0.2) is 4.98 Å². The highest BCUT2D eigenvalue weighted by Crippen LogP contribution is 2.30. The van der Waals surface area contributed by atoms with Crippen LogP contribution in [0.15, 0.2) is 59.3 Å². The Balaban J connectivity index is 1.16. The first-order valence-corrected chi connectivity index (χ1v) is 14.5. The molecule has 3 N–H and O–H groups in total. The smallest absolute Gasteiger partial charge is 0.268 e. The molecular weight excluding hydrogens is 516 g/mol. The van der Waals surface area contributed by atoms with Crippen molar-refractivity contribution in [3.05, 3.63) is 83.1 Å². The minimum absolute atomic E-state index is 0.0363. The minimum atomic E-state index is -0.548. The number of rotatable bonds is 8. The van der Waals surface area contributed by atoms with Crippen LogP contribution in [0.25, 0.3) is 11.1 Å². The number of aromatic nitrogens is 3. The normalized spacial score (nSPS) is 16.1. The molecule has 0 saturated heterocycles. The predicted octanol–water partition coefficient (Wildman–Crippen LogP) is 5.56. The molecule has 1 aliphatic carbocycles. The van der Waals surface area contributed by atoms with E-state index < -0.39 is 6.04 Å². The van der Waals surface area contributed by atoms with E-state index in [9.17, 15) is 9.59 Å². The topological polar surface area (TPSA) is 114 Å². The van der Waals surface area contributed by atoms with Crippen LogP contribution < -0.4 is 16.0 Å². The molecule has 0 spiro atoms. The Morgan fingerprint density at radius 3 is 2.54 bits per heavy atom. The standard InChI is InChI=1S/C32H36N6O3/c1-20-29(21(2)41-37-20)24-10-15-28(34-18-24)35-25-11-8-23(9-12-25)31(39)30(22-6-4-3-5-7-22)36-32(40)27-14-13-26-19-33-16-17-38(26)27/h8-15,18,22,30,33H,3-7,16-17,19H2,1-2H3,(H,34,35)(H,36,40)/t30-/m0/s1. The largest absolute Gasteiger partial charge is 0.361 e. The molecule has 9 heteroatoms. The van der Waals surface area contributed by atoms with Crippen molar-refractivity contribution in [3.63, 3.8) is 0 Å². The van der Waals surface area contributed by atoms with E-state index in [1.807, 2.05) is 62.4 Å². The van der Waals surface area contributed by atoms with Gasteiger partial charge in [-0.2, -0.15) is 0 Å². The number of hydrogen-bond donors (Lipinski definition) is 3. The number of nitrogens with zero attached hydrogens (tertiary/aromatic N) is 3. The highest BCUT2D eigenvalue weighted by molar-refractivity contribution is 6.04. The number of hydrogen-bond acceptors (Lipinski definition) is 7. The van der Waals surface area contributed by atoms with Crippen molar-refractivity contribution in [2.24, 2.45) is 5.92 Å². The molecule has 1 amide bonds. The van der Waals surface area contributed by atoms with Gasteiger partial charge in [-0.3, -0.25) is 9.59 Å². The molecule has 1 aliphatic heterocycles. The molecule has 41 heavy (non-hydrogen) atoms. The van der Waals surface area contributed by atoms with Crippen molar-refractivity contribution in [2.45, 2.75) is 65.1 Å². The van der Waals surface area contributed by atoms with Gasteiger partial charge in [0.1, 0.15) is 17.3 Å². The molecule has 2 aliphatic rings. The summed E-state index contributed by atoms with van der Waals surface area (Å²) < 4.78 is 7.34. The minimum Gasteiger partial charge on any atom is -0.361 e. The molecule has 1 saturated carbocycles. The summed E-state index contributed by atoms with van der Waals surface area (Å²) in [5, 5.41) is 13.8. The summed E-state index contributed by atoms with van der Waals surface area (Å²) in [4.78, 5) is 31.8. The van der Waals surface area contributed by atoms with E-state index in [4.69, 9.17) is 4.52 Å². The summed E-state index contributed by atoms with van der Waals surface area (Å²) in [5.74, 6) is 1.38. The quantitative estimate of drug-likeness (QED) is 0.245. The maximum atomic E-state index is 13.8. The van der Waals surface area contributed by atoms with Gasteiger partial charge in [0.2, 0.25) is 0 Å². The zero-order valence-electron chi connectivity index (χ0n) is 23.6. The zero-order valence-corrected chi connectivity index (χ0v) is 23.6. The number of carbonyl (C=O) groups is 2. The Kier molecular flexibility index (Phi) is 7.69. The van der Waals surface area contributed by atoms with Crippen LogP contribution >= 0.6 is 0 Å². The number of ketones is 1. The number of Topliss-reactive ketones (excluding diaryl/α,β-unsaturated/α-hetero) is 1. The Morgan fingerprint density at radius 2 is 1.83 bits per heavy atom. The fourth-order valence-corrected chi connectivity index (χ4v) is 6.17. The van der Waals surface area contributed by atoms with Gasteiger partial charge in [-0.1, -0.05) is 24.4 Å². The number of amides is 1. The third kappa shape index (κ3) is 5.67. The molecule has 6 rings (SSSR count). The first kappa shape index (κ1) is 27.0. The van der Waals surface area contributed by atoms with Crippen molar-refractivity contribution in [3.8, 4) is 11.1 Å². The third-order valence-electron chi connectivity index (χ3n) is 8.34. The van der Waals surface area contributed by atoms with E-state index in [1.165, 1.54) is 6.42 Å². The molecule has 1 fully saturated rings. The molecule has 9 nitrogen and oxygen atoms in total. The highest BCUT2D eigenvalue weighted by Gasteiger charge is 2.32. The van der Waals surface area contributed by atoms with Crippen LogP contribution in [0.3, 0.4) is 0 Å². The lowest BCUT2D eigenvalue weighted by Crippen LogP contribution is -2.47. The lowest BCUT2D eigenvalue weighted by atomic mass is 9.81. The zero-order chi connectivity index (χ0) is 28.3. The van der Waals surface area contributed by atoms with Crippen molar-refractivity contribution < 1.29 is 14.1 Å². The maximum absolute atomic E-state index is 13.8. The summed E-state index contributed by atoms with van der Waals surface area (Å²) in [5.41, 5.74) is 5.88. The van der Waals surface area contributed by atoms with Crippen LogP contribution in [-0.4, -0.2) is 39.0 Å². The second-order valence-electron chi connectivity index (χ2n) is 11.1. The summed E-state index contributed by atoms with van der Waals surface area (Å²) >= 11 is 0. The van der Waals surface area contributed by atoms with Crippen LogP contribution in [0.5, 0.6) is 0 Å². The number of aryl methyl sites for hydroxylation is 2. The van der Waals surface area contributed by atoms with Crippen molar-refractivity contribution in [1.82, 2.24) is 25.3 Å². The van der Waals surface area contributed by atoms with Crippen LogP contribution in [0, 0.1) is 19.8 Å². The van der Waals surface area contributed by atoms with Gasteiger partial charge in [0.15, 0.2) is 5.78 Å². The van der Waals surface area contributed by atoms with E-state index in [-0.39, 0.29) is 17.6 Å². The third-order valence-corrected chi connectivity index (χ3v) is 8.34. The van der Waals surface area contributed by atoms with Gasteiger partial charge in [0, 0.05) is 53.9 Å². The van der Waals surface area contributed by atoms with Gasteiger partial charge in [-0.15, -0.1) is 0 Å². The van der Waals surface area contributed by atoms with Crippen LogP contribution in [0.2, 0.25) is 0 Å². The molecular formula is C32H36N6O3. The molecule has 4 heterocycles. The molecule has 212 valence electrons. The lowest BCUT2D eigenvalue weighted by molar-refractivity contribution is 0.0797. The van der Waals surface area contributed by atoms with Crippen molar-refractivity contribution >= 4 is 23.2 Å². The molecule has 0 radical (unpaired) electrons. The number of nitrogens with one attached hydrogen (secondary N) is 3. The SMILES string of the molecule is Cc1noc(C)c1-c1ccc(Nc2ccc(C(=O)[C@@H](NC(=O)c3ccc4n3CCNC4)C3CCCCC3)cc2)nc1. The molecule has 4 aromatic rings. The van der Waals surface area contributed by atoms with Crippen LogP contribution in [-0.2, 0) is 13.1 Å². The average molecular weight is 553 g/mol. The van der Waals surface area contributed by atoms with Crippen molar-refractivity contribution in [1.29, 1.82) is 0 Å². The van der Waals surface area contributed by atoms with Crippen LogP contribution in [0.1, 0.15) is 70.1 Å². The summed E-state index contributed by atoms with van der Waals surface area (Å²) in [6.45, 7) is 6.13. The second-order valence-corrected chi connectivity index (χ2v) is 11.1. The number of carbonyl (C=O) groups excluding carboxylic acids is 2. The Bertz CT molecular complexity index is 1510. The van der Waals surface area contributed by atoms with Crippen LogP contribution in [0.4, 0.5) is 11.5 Å². The van der Waals surface area contributed by atoms with E-state index in [2.05, 4.69) is 30.7 Å². The number of pyridine rings is 1. The maximum Gasteiger partial charge on any atom is 0.268 e. The van der Waals surface area contributed by atoms with Gasteiger partial charge in [0.05, 0.1) is 11.7 Å². The molecule has 1 atom stereocenters. The second kappa shape index (κ2) is 11.7. The van der Waals surface area contributed by atoms with Gasteiger partial charge in [0.25, 0.3) is 5.91 Å². The Morgan fingerprint density at radius 1 is 1.02 bits per heavy atom. The van der Waals surface area contributed by atoms with E-state index >= 15 is 0 Å². The van der Waals surface area contributed by atoms with E-state index in [1.54, 1.807) is 6.20 Å². The van der Waals surface area contributed by atoms with Gasteiger partial charge < -0.3 is 25.0 Å². The van der Waals surface area contributed by atoms with E-state index in [0.717, 1.165) is 79.3 Å². The monoisotopic (exact) mass is 552 g/mol. The first-order valence-electron chi connectivity index (χ1n) is 14.5. The lowest BCUT2D eigenvalue weighted by Gasteiger charge is -2.30. The fourth-order valence-electron chi connectivity index (χ4n) is 6.17. The van der Waals surface area contributed by atoms with Crippen molar-refractivity contribution in [2.75, 3.05) is 11.9 Å². The summed E-state index contributed by atoms with van der Waals surface area (Å²) in [6, 6.07) is 14.6. The molecule has 0 unspecified atom stereocenters. The highest BCUT2D eigenvalue weighted by atomic mass is 16.5. The average Bonchev–Trinajstić information content (AvgIpc) is 3.59. The Labute approximate surface area is 239 Å². The molecule has 1 aromatic carbocycles. The molecule has 3 aromatic heterocycles. The number of fused-ring (bicyclic) bond motifs is 1. The van der Waals surface area contributed by atoms with E-state index in [0.29, 0.717) is 17.1 Å². The fraction of sp³-hybridized carbons (Fsp3) is 0.375. The summed E-state index contributed by atoms with van der Waals surface area (Å²) in [6.07, 6.45) is 7.04. The first-order chi connectivity index (χ1) is 20.0. The molecule has 0 bridgehead atoms. The Hall–Kier alpha value is -4.24.